The van der Waals surface area contributed by atoms with Gasteiger partial charge in [0.05, 0.1) is 6.10 Å². The van der Waals surface area contributed by atoms with Crippen molar-refractivity contribution >= 4 is 5.91 Å². The van der Waals surface area contributed by atoms with Gasteiger partial charge in [-0.1, -0.05) is 30.3 Å². The SMILES string of the molecule is O=C(CCc1ccccc1O)N(Cc1ccc(F)cc1)CC1CCCO1. The van der Waals surface area contributed by atoms with Crippen LogP contribution in [0.15, 0.2) is 48.5 Å². The molecule has 4 nitrogen and oxygen atoms in total. The molecule has 26 heavy (non-hydrogen) atoms. The van der Waals surface area contributed by atoms with E-state index in [2.05, 4.69) is 0 Å². The molecule has 2 aromatic carbocycles. The number of halogens is 1. The summed E-state index contributed by atoms with van der Waals surface area (Å²) in [7, 11) is 0. The number of hydrogen-bond donors (Lipinski definition) is 1. The van der Waals surface area contributed by atoms with E-state index in [1.54, 1.807) is 29.2 Å². The lowest BCUT2D eigenvalue weighted by Gasteiger charge is -2.26. The van der Waals surface area contributed by atoms with Gasteiger partial charge in [0.2, 0.25) is 5.91 Å². The Morgan fingerprint density at radius 1 is 1.19 bits per heavy atom. The Labute approximate surface area is 153 Å². The Morgan fingerprint density at radius 2 is 1.96 bits per heavy atom. The maximum absolute atomic E-state index is 13.1. The van der Waals surface area contributed by atoms with Gasteiger partial charge in [-0.05, 0) is 48.6 Å². The molecular formula is C21H24FNO3. The number of carbonyl (C=O) groups is 1. The Bertz CT molecular complexity index is 726. The zero-order valence-corrected chi connectivity index (χ0v) is 14.7. The van der Waals surface area contributed by atoms with Crippen LogP contribution in [0.4, 0.5) is 4.39 Å². The lowest BCUT2D eigenvalue weighted by Crippen LogP contribution is -2.37. The standard InChI is InChI=1S/C21H24FNO3/c22-18-10-7-16(8-11-18)14-23(15-19-5-3-13-26-19)21(25)12-9-17-4-1-2-6-20(17)24/h1-2,4,6-8,10-11,19,24H,3,5,9,12-15H2. The lowest BCUT2D eigenvalue weighted by atomic mass is 10.1. The number of para-hydroxylation sites is 1. The number of phenolic OH excluding ortho intramolecular Hbond substituents is 1. The summed E-state index contributed by atoms with van der Waals surface area (Å²) in [5.41, 5.74) is 1.65. The highest BCUT2D eigenvalue weighted by molar-refractivity contribution is 5.76. The summed E-state index contributed by atoms with van der Waals surface area (Å²) in [6.45, 7) is 1.71. The predicted molar refractivity (Wildman–Crippen MR) is 97.2 cm³/mol. The van der Waals surface area contributed by atoms with Crippen LogP contribution < -0.4 is 0 Å². The van der Waals surface area contributed by atoms with Crippen LogP contribution in [0.5, 0.6) is 5.75 Å². The van der Waals surface area contributed by atoms with Crippen LogP contribution in [-0.2, 0) is 22.5 Å². The van der Waals surface area contributed by atoms with Gasteiger partial charge in [-0.2, -0.15) is 0 Å². The van der Waals surface area contributed by atoms with Gasteiger partial charge in [-0.3, -0.25) is 4.79 Å². The molecule has 1 atom stereocenters. The molecule has 1 aliphatic rings. The summed E-state index contributed by atoms with van der Waals surface area (Å²) < 4.78 is 18.8. The van der Waals surface area contributed by atoms with Gasteiger partial charge in [0.1, 0.15) is 11.6 Å². The molecule has 1 saturated heterocycles. The molecule has 0 aromatic heterocycles. The van der Waals surface area contributed by atoms with Crippen LogP contribution in [0.3, 0.4) is 0 Å². The minimum atomic E-state index is -0.287. The molecule has 0 saturated carbocycles. The van der Waals surface area contributed by atoms with Gasteiger partial charge < -0.3 is 14.7 Å². The minimum Gasteiger partial charge on any atom is -0.508 e. The maximum atomic E-state index is 13.1. The smallest absolute Gasteiger partial charge is 0.223 e. The summed E-state index contributed by atoms with van der Waals surface area (Å²) >= 11 is 0. The molecule has 5 heteroatoms. The van der Waals surface area contributed by atoms with E-state index in [4.69, 9.17) is 4.74 Å². The first-order valence-corrected chi connectivity index (χ1v) is 9.02. The monoisotopic (exact) mass is 357 g/mol. The average Bonchev–Trinajstić information content (AvgIpc) is 3.15. The quantitative estimate of drug-likeness (QED) is 0.822. The number of aryl methyl sites for hydroxylation is 1. The number of carbonyl (C=O) groups excluding carboxylic acids is 1. The third kappa shape index (κ3) is 5.05. The zero-order valence-electron chi connectivity index (χ0n) is 14.7. The molecule has 1 heterocycles. The number of rotatable bonds is 7. The molecule has 2 aromatic rings. The molecule has 1 aliphatic heterocycles. The first kappa shape index (κ1) is 18.4. The van der Waals surface area contributed by atoms with Crippen LogP contribution in [0.25, 0.3) is 0 Å². The molecule has 0 spiro atoms. The highest BCUT2D eigenvalue weighted by Crippen LogP contribution is 2.20. The molecule has 0 radical (unpaired) electrons. The summed E-state index contributed by atoms with van der Waals surface area (Å²) in [4.78, 5) is 14.6. The summed E-state index contributed by atoms with van der Waals surface area (Å²) in [5.74, 6) is -0.0668. The number of amides is 1. The van der Waals surface area contributed by atoms with E-state index in [1.807, 2.05) is 12.1 Å². The number of phenols is 1. The highest BCUT2D eigenvalue weighted by atomic mass is 19.1. The Kier molecular flexibility index (Phi) is 6.23. The molecule has 1 N–H and O–H groups in total. The first-order chi connectivity index (χ1) is 12.6. The van der Waals surface area contributed by atoms with Gasteiger partial charge in [0, 0.05) is 26.1 Å². The molecule has 1 amide bonds. The van der Waals surface area contributed by atoms with Crippen molar-refractivity contribution in [3.8, 4) is 5.75 Å². The van der Waals surface area contributed by atoms with Crippen molar-refractivity contribution in [1.29, 1.82) is 0 Å². The summed E-state index contributed by atoms with van der Waals surface area (Å²) in [6.07, 6.45) is 2.82. The van der Waals surface area contributed by atoms with Crippen LogP contribution >= 0.6 is 0 Å². The maximum Gasteiger partial charge on any atom is 0.223 e. The topological polar surface area (TPSA) is 49.8 Å². The van der Waals surface area contributed by atoms with E-state index in [0.717, 1.165) is 30.6 Å². The van der Waals surface area contributed by atoms with Gasteiger partial charge in [0.15, 0.2) is 0 Å². The number of benzene rings is 2. The van der Waals surface area contributed by atoms with E-state index >= 15 is 0 Å². The third-order valence-electron chi connectivity index (χ3n) is 4.69. The van der Waals surface area contributed by atoms with E-state index in [0.29, 0.717) is 25.9 Å². The van der Waals surface area contributed by atoms with Gasteiger partial charge in [-0.15, -0.1) is 0 Å². The van der Waals surface area contributed by atoms with Crippen LogP contribution in [0.2, 0.25) is 0 Å². The van der Waals surface area contributed by atoms with Crippen LogP contribution in [0, 0.1) is 5.82 Å². The summed E-state index contributed by atoms with van der Waals surface area (Å²) in [5, 5.41) is 9.87. The Morgan fingerprint density at radius 3 is 2.65 bits per heavy atom. The van der Waals surface area contributed by atoms with Crippen molar-refractivity contribution in [3.63, 3.8) is 0 Å². The fourth-order valence-electron chi connectivity index (χ4n) is 3.22. The predicted octanol–water partition coefficient (Wildman–Crippen LogP) is 3.67. The molecule has 138 valence electrons. The zero-order chi connectivity index (χ0) is 18.4. The third-order valence-corrected chi connectivity index (χ3v) is 4.69. The first-order valence-electron chi connectivity index (χ1n) is 9.02. The second-order valence-corrected chi connectivity index (χ2v) is 6.66. The molecule has 1 unspecified atom stereocenters. The number of ether oxygens (including phenoxy) is 1. The average molecular weight is 357 g/mol. The number of hydrogen-bond acceptors (Lipinski definition) is 3. The normalized spacial score (nSPS) is 16.6. The van der Waals surface area contributed by atoms with Gasteiger partial charge in [0.25, 0.3) is 0 Å². The van der Waals surface area contributed by atoms with Crippen molar-refractivity contribution in [2.24, 2.45) is 0 Å². The molecule has 0 bridgehead atoms. The molecule has 1 fully saturated rings. The van der Waals surface area contributed by atoms with E-state index in [9.17, 15) is 14.3 Å². The van der Waals surface area contributed by atoms with Crippen LogP contribution in [-0.4, -0.2) is 35.2 Å². The second-order valence-electron chi connectivity index (χ2n) is 6.66. The molecule has 3 rings (SSSR count). The Hall–Kier alpha value is -2.40. The largest absolute Gasteiger partial charge is 0.508 e. The summed E-state index contributed by atoms with van der Waals surface area (Å²) in [6, 6.07) is 13.3. The second kappa shape index (κ2) is 8.81. The van der Waals surface area contributed by atoms with Crippen molar-refractivity contribution in [1.82, 2.24) is 4.90 Å². The van der Waals surface area contributed by atoms with E-state index in [-0.39, 0.29) is 23.6 Å². The number of aromatic hydroxyl groups is 1. The highest BCUT2D eigenvalue weighted by Gasteiger charge is 2.23. The van der Waals surface area contributed by atoms with Crippen molar-refractivity contribution in [2.75, 3.05) is 13.2 Å². The lowest BCUT2D eigenvalue weighted by molar-refractivity contribution is -0.133. The van der Waals surface area contributed by atoms with Crippen molar-refractivity contribution < 1.29 is 19.0 Å². The van der Waals surface area contributed by atoms with E-state index < -0.39 is 0 Å². The Balaban J connectivity index is 1.65. The van der Waals surface area contributed by atoms with Crippen molar-refractivity contribution in [2.45, 2.75) is 38.3 Å². The van der Waals surface area contributed by atoms with Gasteiger partial charge >= 0.3 is 0 Å². The fraction of sp³-hybridized carbons (Fsp3) is 0.381. The van der Waals surface area contributed by atoms with Crippen LogP contribution in [0.1, 0.15) is 30.4 Å². The molecule has 0 aliphatic carbocycles. The van der Waals surface area contributed by atoms with E-state index in [1.165, 1.54) is 12.1 Å². The fourth-order valence-corrected chi connectivity index (χ4v) is 3.22. The minimum absolute atomic E-state index is 0.00748. The number of nitrogens with zero attached hydrogens (tertiary/aromatic N) is 1. The van der Waals surface area contributed by atoms with Gasteiger partial charge in [-0.25, -0.2) is 4.39 Å². The molecular weight excluding hydrogens is 333 g/mol. The van der Waals surface area contributed by atoms with Crippen molar-refractivity contribution in [3.05, 3.63) is 65.5 Å².